The van der Waals surface area contributed by atoms with Gasteiger partial charge in [-0.05, 0) is 115 Å². The fourth-order valence-electron chi connectivity index (χ4n) is 12.1. The third-order valence-corrected chi connectivity index (χ3v) is 15.3. The Morgan fingerprint density at radius 2 is 0.822 bits per heavy atom. The zero-order chi connectivity index (χ0) is 48.3. The number of para-hydroxylation sites is 1. The van der Waals surface area contributed by atoms with Gasteiger partial charge >= 0.3 is 0 Å². The Morgan fingerprint density at radius 1 is 0.301 bits per heavy atom. The Kier molecular flexibility index (Phi) is 10.1. The van der Waals surface area contributed by atoms with E-state index in [0.29, 0.717) is 0 Å². The van der Waals surface area contributed by atoms with Crippen LogP contribution >= 0.6 is 0 Å². The summed E-state index contributed by atoms with van der Waals surface area (Å²) in [4.78, 5) is 2.41. The Labute approximate surface area is 426 Å². The molecule has 0 bridgehead atoms. The van der Waals surface area contributed by atoms with Crippen LogP contribution in [-0.4, -0.2) is 4.57 Å². The minimum Gasteiger partial charge on any atom is -0.310 e. The first-order valence-corrected chi connectivity index (χ1v) is 25.3. The van der Waals surface area contributed by atoms with Gasteiger partial charge in [-0.25, -0.2) is 0 Å². The molecule has 1 aliphatic carbocycles. The summed E-state index contributed by atoms with van der Waals surface area (Å²) in [6.45, 7) is 0. The molecule has 0 aliphatic heterocycles. The quantitative estimate of drug-likeness (QED) is 0.140. The van der Waals surface area contributed by atoms with Gasteiger partial charge in [-0.3, -0.25) is 0 Å². The lowest BCUT2D eigenvalue weighted by atomic mass is 9.67. The van der Waals surface area contributed by atoms with E-state index in [9.17, 15) is 0 Å². The number of hydrogen-bond donors (Lipinski definition) is 0. The Hall–Kier alpha value is -9.50. The molecular weight excluding hydrogens is 881 g/mol. The molecule has 1 aromatic heterocycles. The second kappa shape index (κ2) is 17.4. The van der Waals surface area contributed by atoms with Gasteiger partial charge in [0.15, 0.2) is 0 Å². The molecule has 2 nitrogen and oxygen atoms in total. The summed E-state index contributed by atoms with van der Waals surface area (Å²) in [5, 5.41) is 4.86. The molecule has 1 heterocycles. The topological polar surface area (TPSA) is 8.17 Å². The van der Waals surface area contributed by atoms with Crippen LogP contribution in [0.25, 0.3) is 82.8 Å². The van der Waals surface area contributed by atoms with E-state index in [4.69, 9.17) is 0 Å². The molecule has 0 saturated heterocycles. The highest BCUT2D eigenvalue weighted by molar-refractivity contribution is 6.11. The Morgan fingerprint density at radius 3 is 1.58 bits per heavy atom. The molecule has 14 rings (SSSR count). The lowest BCUT2D eigenvalue weighted by Gasteiger charge is -2.35. The van der Waals surface area contributed by atoms with Gasteiger partial charge in [0.2, 0.25) is 0 Å². The molecule has 13 aromatic rings. The van der Waals surface area contributed by atoms with E-state index < -0.39 is 5.41 Å². The van der Waals surface area contributed by atoms with Crippen molar-refractivity contribution in [2.75, 3.05) is 4.90 Å². The molecule has 0 atom stereocenters. The predicted octanol–water partition coefficient (Wildman–Crippen LogP) is 18.8. The minimum atomic E-state index is -0.568. The first-order valence-electron chi connectivity index (χ1n) is 25.3. The van der Waals surface area contributed by atoms with Gasteiger partial charge in [0, 0.05) is 33.1 Å². The molecule has 1 aliphatic rings. The maximum Gasteiger partial charge on any atom is 0.0734 e. The summed E-state index contributed by atoms with van der Waals surface area (Å²) in [5.41, 5.74) is 21.0. The van der Waals surface area contributed by atoms with E-state index in [2.05, 4.69) is 301 Å². The average molecular weight is 929 g/mol. The van der Waals surface area contributed by atoms with Crippen LogP contribution in [0, 0.1) is 0 Å². The molecule has 0 fully saturated rings. The summed E-state index contributed by atoms with van der Waals surface area (Å²) >= 11 is 0. The standard InChI is InChI=1S/C71H48N2/c1-4-21-49(22-5-1)50-41-44-56(45-42-50)72(66-39-19-24-51-23-10-11-33-60(51)66)57-30-18-25-52(47-57)58-31-12-13-32-59(58)53-43-46-63-62-35-15-17-38-67(62)73(69(63)48-53)68-40-20-36-64-61-34-14-16-37-65(61)71(70(64)68,54-26-6-2-7-27-54)55-28-8-3-9-29-55/h1-48H. The second-order valence-corrected chi connectivity index (χ2v) is 19.2. The summed E-state index contributed by atoms with van der Waals surface area (Å²) in [5.74, 6) is 0. The largest absolute Gasteiger partial charge is 0.310 e. The van der Waals surface area contributed by atoms with Crippen molar-refractivity contribution in [1.29, 1.82) is 0 Å². The van der Waals surface area contributed by atoms with Gasteiger partial charge in [-0.15, -0.1) is 0 Å². The van der Waals surface area contributed by atoms with Crippen molar-refractivity contribution >= 4 is 49.6 Å². The van der Waals surface area contributed by atoms with Gasteiger partial charge in [0.25, 0.3) is 0 Å². The lowest BCUT2D eigenvalue weighted by Crippen LogP contribution is -2.29. The maximum absolute atomic E-state index is 2.55. The van der Waals surface area contributed by atoms with Gasteiger partial charge < -0.3 is 9.47 Å². The molecule has 73 heavy (non-hydrogen) atoms. The number of aromatic nitrogens is 1. The van der Waals surface area contributed by atoms with Crippen molar-refractivity contribution in [3.63, 3.8) is 0 Å². The van der Waals surface area contributed by atoms with Crippen molar-refractivity contribution < 1.29 is 0 Å². The zero-order valence-electron chi connectivity index (χ0n) is 40.1. The normalized spacial score (nSPS) is 12.5. The monoisotopic (exact) mass is 928 g/mol. The number of rotatable bonds is 9. The smallest absolute Gasteiger partial charge is 0.0734 e. The van der Waals surface area contributed by atoms with Crippen LogP contribution in [0.4, 0.5) is 17.1 Å². The molecule has 342 valence electrons. The molecule has 0 saturated carbocycles. The molecule has 12 aromatic carbocycles. The van der Waals surface area contributed by atoms with E-state index in [-0.39, 0.29) is 0 Å². The van der Waals surface area contributed by atoms with Crippen molar-refractivity contribution in [3.8, 4) is 50.2 Å². The van der Waals surface area contributed by atoms with E-state index >= 15 is 0 Å². The van der Waals surface area contributed by atoms with Crippen molar-refractivity contribution in [2.24, 2.45) is 0 Å². The van der Waals surface area contributed by atoms with E-state index in [1.807, 2.05) is 0 Å². The van der Waals surface area contributed by atoms with Gasteiger partial charge in [0.05, 0.1) is 27.8 Å². The van der Waals surface area contributed by atoms with Crippen LogP contribution < -0.4 is 4.90 Å². The molecule has 0 amide bonds. The fourth-order valence-corrected chi connectivity index (χ4v) is 12.1. The summed E-state index contributed by atoms with van der Waals surface area (Å²) < 4.78 is 2.55. The average Bonchev–Trinajstić information content (AvgIpc) is 3.97. The van der Waals surface area contributed by atoms with Gasteiger partial charge in [0.1, 0.15) is 0 Å². The maximum atomic E-state index is 2.55. The molecule has 0 radical (unpaired) electrons. The van der Waals surface area contributed by atoms with E-state index in [1.54, 1.807) is 0 Å². The molecule has 0 spiro atoms. The fraction of sp³-hybridized carbons (Fsp3) is 0.0141. The Balaban J connectivity index is 0.953. The number of benzene rings is 12. The van der Waals surface area contributed by atoms with Crippen LogP contribution in [0.5, 0.6) is 0 Å². The van der Waals surface area contributed by atoms with Crippen LogP contribution in [0.2, 0.25) is 0 Å². The van der Waals surface area contributed by atoms with Crippen LogP contribution in [0.15, 0.2) is 291 Å². The third-order valence-electron chi connectivity index (χ3n) is 15.3. The Bertz CT molecular complexity index is 4140. The van der Waals surface area contributed by atoms with Crippen LogP contribution in [-0.2, 0) is 5.41 Å². The van der Waals surface area contributed by atoms with Crippen LogP contribution in [0.3, 0.4) is 0 Å². The lowest BCUT2D eigenvalue weighted by molar-refractivity contribution is 0.762. The van der Waals surface area contributed by atoms with Crippen molar-refractivity contribution in [2.45, 2.75) is 5.41 Å². The SMILES string of the molecule is c1ccc(-c2ccc(N(c3cccc(-c4ccccc4-c4ccc5c6ccccc6n(-c6cccc7c6C(c6ccccc6)(c6ccccc6)c6ccccc6-7)c5c4)c3)c3cccc4ccccc34)cc2)cc1. The highest BCUT2D eigenvalue weighted by Crippen LogP contribution is 2.58. The highest BCUT2D eigenvalue weighted by Gasteiger charge is 2.48. The van der Waals surface area contributed by atoms with Gasteiger partial charge in [-0.2, -0.15) is 0 Å². The number of hydrogen-bond acceptors (Lipinski definition) is 1. The summed E-state index contributed by atoms with van der Waals surface area (Å²) in [7, 11) is 0. The van der Waals surface area contributed by atoms with E-state index in [1.165, 1.54) is 93.9 Å². The minimum absolute atomic E-state index is 0.568. The van der Waals surface area contributed by atoms with Gasteiger partial charge in [-0.1, -0.05) is 243 Å². The van der Waals surface area contributed by atoms with Crippen LogP contribution in [0.1, 0.15) is 22.3 Å². The number of nitrogens with zero attached hydrogens (tertiary/aromatic N) is 2. The summed E-state index contributed by atoms with van der Waals surface area (Å²) in [6, 6.07) is 107. The molecular formula is C71H48N2. The number of fused-ring (bicyclic) bond motifs is 7. The highest BCUT2D eigenvalue weighted by atomic mass is 15.1. The number of anilines is 3. The zero-order valence-corrected chi connectivity index (χ0v) is 40.1. The van der Waals surface area contributed by atoms with Crippen molar-refractivity contribution in [1.82, 2.24) is 4.57 Å². The van der Waals surface area contributed by atoms with E-state index in [0.717, 1.165) is 28.2 Å². The predicted molar refractivity (Wildman–Crippen MR) is 307 cm³/mol. The molecule has 2 heteroatoms. The second-order valence-electron chi connectivity index (χ2n) is 19.2. The molecule has 0 N–H and O–H groups in total. The first kappa shape index (κ1) is 42.4. The summed E-state index contributed by atoms with van der Waals surface area (Å²) in [6.07, 6.45) is 0. The first-order chi connectivity index (χ1) is 36.2. The third kappa shape index (κ3) is 6.79. The molecule has 0 unspecified atom stereocenters. The van der Waals surface area contributed by atoms with Crippen molar-refractivity contribution in [3.05, 3.63) is 313 Å².